The normalized spacial score (nSPS) is 12.3. The predicted molar refractivity (Wildman–Crippen MR) is 114 cm³/mol. The summed E-state index contributed by atoms with van der Waals surface area (Å²) in [7, 11) is 0. The molecule has 0 radical (unpaired) electrons. The molecule has 144 valence electrons. The fourth-order valence-electron chi connectivity index (χ4n) is 3.19. The molecule has 0 saturated carbocycles. The van der Waals surface area contributed by atoms with Crippen LogP contribution in [0.2, 0.25) is 0 Å². The smallest absolute Gasteiger partial charge is 0.190 e. The molecule has 0 atom stereocenters. The number of benzene rings is 1. The van der Waals surface area contributed by atoms with Gasteiger partial charge in [0.1, 0.15) is 0 Å². The van der Waals surface area contributed by atoms with Gasteiger partial charge in [-0.1, -0.05) is 26.0 Å². The second kappa shape index (κ2) is 9.20. The van der Waals surface area contributed by atoms with Crippen LogP contribution in [0.5, 0.6) is 0 Å². The summed E-state index contributed by atoms with van der Waals surface area (Å²) in [5.74, 6) is 0.900. The highest BCUT2D eigenvalue weighted by Gasteiger charge is 2.11. The Labute approximate surface area is 165 Å². The zero-order chi connectivity index (χ0) is 19.2. The lowest BCUT2D eigenvalue weighted by molar-refractivity contribution is 0.293. The van der Waals surface area contributed by atoms with Gasteiger partial charge in [-0.2, -0.15) is 0 Å². The third kappa shape index (κ3) is 4.79. The van der Waals surface area contributed by atoms with Gasteiger partial charge in [-0.05, 0) is 69.2 Å². The van der Waals surface area contributed by atoms with Gasteiger partial charge in [0.15, 0.2) is 10.6 Å². The summed E-state index contributed by atoms with van der Waals surface area (Å²) in [6.45, 7) is 12.9. The lowest BCUT2D eigenvalue weighted by Crippen LogP contribution is -2.26. The summed E-state index contributed by atoms with van der Waals surface area (Å²) < 4.78 is 7.97. The Hall–Kier alpha value is -2.11. The molecule has 27 heavy (non-hydrogen) atoms. The minimum atomic E-state index is 0.900. The van der Waals surface area contributed by atoms with Crippen LogP contribution in [0.25, 0.3) is 11.5 Å². The zero-order valence-corrected chi connectivity index (χ0v) is 17.6. The Kier molecular flexibility index (Phi) is 6.69. The van der Waals surface area contributed by atoms with Crippen LogP contribution in [0.3, 0.4) is 0 Å². The van der Waals surface area contributed by atoms with Crippen LogP contribution in [0.15, 0.2) is 51.4 Å². The van der Waals surface area contributed by atoms with E-state index in [0.717, 1.165) is 54.5 Å². The molecular formula is C22H29N3OS. The number of aryl methyl sites for hydroxylation is 2. The zero-order valence-electron chi connectivity index (χ0n) is 16.7. The average molecular weight is 384 g/mol. The molecule has 5 heteroatoms. The van der Waals surface area contributed by atoms with Gasteiger partial charge < -0.3 is 13.9 Å². The number of nitrogens with zero attached hydrogens (tertiary/aromatic N) is 3. The Morgan fingerprint density at radius 1 is 1.15 bits per heavy atom. The molecule has 0 saturated heterocycles. The summed E-state index contributed by atoms with van der Waals surface area (Å²) in [5.41, 5.74) is 4.58. The topological polar surface area (TPSA) is 33.7 Å². The second-order valence-corrected chi connectivity index (χ2v) is 7.65. The molecule has 0 aliphatic rings. The highest BCUT2D eigenvalue weighted by molar-refractivity contribution is 7.07. The Morgan fingerprint density at radius 3 is 2.67 bits per heavy atom. The monoisotopic (exact) mass is 383 g/mol. The molecule has 0 spiro atoms. The summed E-state index contributed by atoms with van der Waals surface area (Å²) >= 11 is 1.68. The molecule has 1 aromatic carbocycles. The Balaban J connectivity index is 1.96. The van der Waals surface area contributed by atoms with E-state index in [1.54, 1.807) is 17.6 Å². The summed E-state index contributed by atoms with van der Waals surface area (Å²) in [6, 6.07) is 10.4. The maximum atomic E-state index is 5.67. The van der Waals surface area contributed by atoms with E-state index in [2.05, 4.69) is 60.7 Å². The van der Waals surface area contributed by atoms with E-state index in [1.807, 2.05) is 12.1 Å². The van der Waals surface area contributed by atoms with Gasteiger partial charge in [0.2, 0.25) is 0 Å². The molecule has 2 aromatic heterocycles. The van der Waals surface area contributed by atoms with Crippen molar-refractivity contribution in [2.75, 3.05) is 19.6 Å². The van der Waals surface area contributed by atoms with Gasteiger partial charge in [0.05, 0.1) is 17.6 Å². The van der Waals surface area contributed by atoms with Gasteiger partial charge >= 0.3 is 0 Å². The van der Waals surface area contributed by atoms with Crippen LogP contribution in [0.1, 0.15) is 31.4 Å². The van der Waals surface area contributed by atoms with E-state index in [-0.39, 0.29) is 0 Å². The molecule has 0 amide bonds. The van der Waals surface area contributed by atoms with Crippen molar-refractivity contribution in [1.29, 1.82) is 0 Å². The molecule has 3 aromatic rings. The standard InChI is InChI=1S/C22H29N3OS/c1-5-24(6-2)12-8-13-25-20(21-9-7-14-26-21)16-27-22(25)23-19-15-17(3)10-11-18(19)4/h7,9-11,14-16H,5-6,8,12-13H2,1-4H3. The molecule has 0 unspecified atom stereocenters. The largest absolute Gasteiger partial charge is 0.463 e. The lowest BCUT2D eigenvalue weighted by Gasteiger charge is -2.18. The van der Waals surface area contributed by atoms with Gasteiger partial charge in [0, 0.05) is 11.9 Å². The van der Waals surface area contributed by atoms with Crippen molar-refractivity contribution in [3.63, 3.8) is 0 Å². The molecule has 0 aliphatic carbocycles. The molecule has 0 N–H and O–H groups in total. The molecule has 0 bridgehead atoms. The maximum Gasteiger partial charge on any atom is 0.190 e. The number of furan rings is 1. The van der Waals surface area contributed by atoms with E-state index in [9.17, 15) is 0 Å². The molecular weight excluding hydrogens is 354 g/mol. The first kappa shape index (κ1) is 19.6. The molecule has 4 nitrogen and oxygen atoms in total. The van der Waals surface area contributed by atoms with E-state index < -0.39 is 0 Å². The van der Waals surface area contributed by atoms with E-state index in [4.69, 9.17) is 9.41 Å². The number of thiazole rings is 1. The minimum Gasteiger partial charge on any atom is -0.463 e. The van der Waals surface area contributed by atoms with Crippen molar-refractivity contribution >= 4 is 17.0 Å². The second-order valence-electron chi connectivity index (χ2n) is 6.81. The summed E-state index contributed by atoms with van der Waals surface area (Å²) in [6.07, 6.45) is 2.82. The third-order valence-corrected chi connectivity index (χ3v) is 5.77. The Bertz CT molecular complexity index is 917. The Morgan fingerprint density at radius 2 is 1.96 bits per heavy atom. The maximum absolute atomic E-state index is 5.67. The predicted octanol–water partition coefficient (Wildman–Crippen LogP) is 5.39. The van der Waals surface area contributed by atoms with Crippen LogP contribution < -0.4 is 4.80 Å². The SMILES string of the molecule is CCN(CC)CCCn1c(-c2ccco2)csc1=Nc1cc(C)ccc1C. The van der Waals surface area contributed by atoms with Crippen LogP contribution in [0, 0.1) is 13.8 Å². The van der Waals surface area contributed by atoms with Crippen molar-refractivity contribution in [2.45, 2.75) is 40.7 Å². The quantitative estimate of drug-likeness (QED) is 0.522. The fraction of sp³-hybridized carbons (Fsp3) is 0.409. The highest BCUT2D eigenvalue weighted by atomic mass is 32.1. The van der Waals surface area contributed by atoms with Crippen LogP contribution in [-0.4, -0.2) is 29.1 Å². The minimum absolute atomic E-state index is 0.900. The van der Waals surface area contributed by atoms with Crippen molar-refractivity contribution in [3.05, 3.63) is 57.9 Å². The number of aromatic nitrogens is 1. The molecule has 0 fully saturated rings. The number of hydrogen-bond donors (Lipinski definition) is 0. The van der Waals surface area contributed by atoms with Crippen LogP contribution in [-0.2, 0) is 6.54 Å². The van der Waals surface area contributed by atoms with Gasteiger partial charge in [-0.15, -0.1) is 11.3 Å². The van der Waals surface area contributed by atoms with Crippen molar-refractivity contribution in [2.24, 2.45) is 4.99 Å². The first-order valence-corrected chi connectivity index (χ1v) is 10.6. The first-order valence-electron chi connectivity index (χ1n) is 9.69. The highest BCUT2D eigenvalue weighted by Crippen LogP contribution is 2.23. The van der Waals surface area contributed by atoms with E-state index in [1.165, 1.54) is 11.1 Å². The van der Waals surface area contributed by atoms with Crippen LogP contribution in [0.4, 0.5) is 5.69 Å². The number of hydrogen-bond acceptors (Lipinski definition) is 4. The van der Waals surface area contributed by atoms with Crippen molar-refractivity contribution in [3.8, 4) is 11.5 Å². The molecule has 0 aliphatic heterocycles. The van der Waals surface area contributed by atoms with E-state index in [0.29, 0.717) is 0 Å². The van der Waals surface area contributed by atoms with Gasteiger partial charge in [-0.3, -0.25) is 0 Å². The third-order valence-electron chi connectivity index (χ3n) is 4.90. The van der Waals surface area contributed by atoms with Gasteiger partial charge in [0.25, 0.3) is 0 Å². The first-order chi connectivity index (χ1) is 13.1. The molecule has 3 rings (SSSR count). The van der Waals surface area contributed by atoms with Crippen molar-refractivity contribution < 1.29 is 4.42 Å². The lowest BCUT2D eigenvalue weighted by atomic mass is 10.1. The van der Waals surface area contributed by atoms with E-state index >= 15 is 0 Å². The summed E-state index contributed by atoms with van der Waals surface area (Å²) in [4.78, 5) is 8.48. The van der Waals surface area contributed by atoms with Gasteiger partial charge in [-0.25, -0.2) is 4.99 Å². The molecule has 2 heterocycles. The van der Waals surface area contributed by atoms with Crippen molar-refractivity contribution in [1.82, 2.24) is 9.47 Å². The average Bonchev–Trinajstić information content (AvgIpc) is 3.32. The van der Waals surface area contributed by atoms with Crippen LogP contribution >= 0.6 is 11.3 Å². The number of rotatable bonds is 8. The summed E-state index contributed by atoms with van der Waals surface area (Å²) in [5, 5.41) is 2.15. The fourth-order valence-corrected chi connectivity index (χ4v) is 4.12.